The molecule has 23 heavy (non-hydrogen) atoms. The lowest BCUT2D eigenvalue weighted by molar-refractivity contribution is -0.173. The van der Waals surface area contributed by atoms with Crippen LogP contribution in [0.5, 0.6) is 0 Å². The van der Waals surface area contributed by atoms with Crippen molar-refractivity contribution in [3.8, 4) is 5.69 Å². The summed E-state index contributed by atoms with van der Waals surface area (Å²) in [4.78, 5) is 16.4. The SMILES string of the molecule is COCC1(C(=O)NC(C)c2ccc(-n3cncn3)cc2)COC1. The van der Waals surface area contributed by atoms with Gasteiger partial charge < -0.3 is 14.8 Å². The second-order valence-electron chi connectivity index (χ2n) is 5.83. The van der Waals surface area contributed by atoms with Crippen LogP contribution >= 0.6 is 0 Å². The molecule has 2 aromatic rings. The van der Waals surface area contributed by atoms with Gasteiger partial charge in [0, 0.05) is 7.11 Å². The zero-order valence-corrected chi connectivity index (χ0v) is 13.2. The van der Waals surface area contributed by atoms with Gasteiger partial charge in [0.2, 0.25) is 5.91 Å². The Kier molecular flexibility index (Phi) is 4.40. The molecule has 122 valence electrons. The van der Waals surface area contributed by atoms with Crippen molar-refractivity contribution in [1.29, 1.82) is 0 Å². The van der Waals surface area contributed by atoms with Crippen LogP contribution in [0, 0.1) is 5.41 Å². The fourth-order valence-corrected chi connectivity index (χ4v) is 2.60. The van der Waals surface area contributed by atoms with E-state index in [-0.39, 0.29) is 11.9 Å². The third kappa shape index (κ3) is 3.11. The molecule has 0 saturated carbocycles. The summed E-state index contributed by atoms with van der Waals surface area (Å²) in [6.07, 6.45) is 3.14. The fourth-order valence-electron chi connectivity index (χ4n) is 2.60. The van der Waals surface area contributed by atoms with Gasteiger partial charge in [-0.05, 0) is 24.6 Å². The molecule has 1 unspecified atom stereocenters. The Bertz CT molecular complexity index is 650. The molecule has 7 heteroatoms. The van der Waals surface area contributed by atoms with E-state index in [1.54, 1.807) is 18.1 Å². The van der Waals surface area contributed by atoms with Crippen LogP contribution < -0.4 is 5.32 Å². The Hall–Kier alpha value is -2.25. The summed E-state index contributed by atoms with van der Waals surface area (Å²) >= 11 is 0. The maximum atomic E-state index is 12.5. The molecule has 1 aliphatic heterocycles. The van der Waals surface area contributed by atoms with E-state index in [1.807, 2.05) is 31.2 Å². The largest absolute Gasteiger partial charge is 0.383 e. The lowest BCUT2D eigenvalue weighted by Gasteiger charge is -2.39. The van der Waals surface area contributed by atoms with Crippen LogP contribution in [0.25, 0.3) is 5.69 Å². The molecule has 1 aromatic heterocycles. The van der Waals surface area contributed by atoms with Crippen molar-refractivity contribution in [3.63, 3.8) is 0 Å². The van der Waals surface area contributed by atoms with Gasteiger partial charge in [-0.15, -0.1) is 0 Å². The third-order valence-electron chi connectivity index (χ3n) is 4.08. The Morgan fingerprint density at radius 2 is 2.17 bits per heavy atom. The van der Waals surface area contributed by atoms with Crippen LogP contribution in [0.4, 0.5) is 0 Å². The second kappa shape index (κ2) is 6.47. The Labute approximate surface area is 134 Å². The lowest BCUT2D eigenvalue weighted by atomic mass is 9.85. The van der Waals surface area contributed by atoms with Gasteiger partial charge in [-0.3, -0.25) is 4.79 Å². The highest BCUT2D eigenvalue weighted by molar-refractivity contribution is 5.84. The maximum absolute atomic E-state index is 12.5. The quantitative estimate of drug-likeness (QED) is 0.863. The highest BCUT2D eigenvalue weighted by Crippen LogP contribution is 2.29. The van der Waals surface area contributed by atoms with E-state index in [0.29, 0.717) is 19.8 Å². The van der Waals surface area contributed by atoms with Gasteiger partial charge in [0.25, 0.3) is 0 Å². The number of nitrogens with one attached hydrogen (secondary N) is 1. The highest BCUT2D eigenvalue weighted by atomic mass is 16.5. The Morgan fingerprint density at radius 1 is 1.43 bits per heavy atom. The zero-order chi connectivity index (χ0) is 16.3. The Morgan fingerprint density at radius 3 is 2.70 bits per heavy atom. The summed E-state index contributed by atoms with van der Waals surface area (Å²) in [6.45, 7) is 3.15. The number of ether oxygens (including phenoxy) is 2. The van der Waals surface area contributed by atoms with E-state index in [1.165, 1.54) is 6.33 Å². The molecule has 1 saturated heterocycles. The van der Waals surface area contributed by atoms with Crippen LogP contribution in [0.3, 0.4) is 0 Å². The van der Waals surface area contributed by atoms with Gasteiger partial charge in [0.15, 0.2) is 0 Å². The maximum Gasteiger partial charge on any atom is 0.233 e. The molecule has 0 aliphatic carbocycles. The summed E-state index contributed by atoms with van der Waals surface area (Å²) in [5, 5.41) is 7.13. The first-order chi connectivity index (χ1) is 11.1. The average molecular weight is 316 g/mol. The minimum Gasteiger partial charge on any atom is -0.383 e. The standard InChI is InChI=1S/C16H20N4O3/c1-12(19-15(21)16(7-22-2)8-23-9-16)13-3-5-14(6-4-13)20-11-17-10-18-20/h3-6,10-12H,7-9H2,1-2H3,(H,19,21). The van der Waals surface area contributed by atoms with Gasteiger partial charge in [-0.2, -0.15) is 5.10 Å². The van der Waals surface area contributed by atoms with Crippen molar-refractivity contribution >= 4 is 5.91 Å². The summed E-state index contributed by atoms with van der Waals surface area (Å²) in [5.74, 6) is -0.0292. The average Bonchev–Trinajstić information content (AvgIpc) is 3.05. The number of carbonyl (C=O) groups is 1. The topological polar surface area (TPSA) is 78.3 Å². The molecular formula is C16H20N4O3. The van der Waals surface area contributed by atoms with Crippen LogP contribution in [0.15, 0.2) is 36.9 Å². The molecule has 1 N–H and O–H groups in total. The van der Waals surface area contributed by atoms with Gasteiger partial charge >= 0.3 is 0 Å². The molecule has 7 nitrogen and oxygen atoms in total. The number of carbonyl (C=O) groups excluding carboxylic acids is 1. The molecule has 1 atom stereocenters. The number of amides is 1. The van der Waals surface area contributed by atoms with Crippen molar-refractivity contribution in [2.45, 2.75) is 13.0 Å². The van der Waals surface area contributed by atoms with Gasteiger partial charge in [0.1, 0.15) is 18.1 Å². The van der Waals surface area contributed by atoms with Gasteiger partial charge in [-0.25, -0.2) is 9.67 Å². The molecule has 2 heterocycles. The van der Waals surface area contributed by atoms with Gasteiger partial charge in [-0.1, -0.05) is 12.1 Å². The second-order valence-corrected chi connectivity index (χ2v) is 5.83. The van der Waals surface area contributed by atoms with Crippen molar-refractivity contribution < 1.29 is 14.3 Å². The first-order valence-corrected chi connectivity index (χ1v) is 7.47. The third-order valence-corrected chi connectivity index (χ3v) is 4.08. The fraction of sp³-hybridized carbons (Fsp3) is 0.438. The van der Waals surface area contributed by atoms with Crippen molar-refractivity contribution in [2.24, 2.45) is 5.41 Å². The minimum absolute atomic E-state index is 0.0292. The van der Waals surface area contributed by atoms with Crippen LogP contribution in [0.2, 0.25) is 0 Å². The van der Waals surface area contributed by atoms with E-state index >= 15 is 0 Å². The van der Waals surface area contributed by atoms with E-state index in [0.717, 1.165) is 11.3 Å². The van der Waals surface area contributed by atoms with Crippen molar-refractivity contribution in [1.82, 2.24) is 20.1 Å². The number of aromatic nitrogens is 3. The van der Waals surface area contributed by atoms with Gasteiger partial charge in [0.05, 0.1) is 31.5 Å². The monoisotopic (exact) mass is 316 g/mol. The summed E-state index contributed by atoms with van der Waals surface area (Å²) in [5.41, 5.74) is 1.40. The van der Waals surface area contributed by atoms with Crippen LogP contribution in [-0.2, 0) is 14.3 Å². The molecular weight excluding hydrogens is 296 g/mol. The molecule has 0 bridgehead atoms. The normalized spacial score (nSPS) is 17.3. The van der Waals surface area contributed by atoms with Crippen LogP contribution in [0.1, 0.15) is 18.5 Å². The first kappa shape index (κ1) is 15.6. The number of nitrogens with zero attached hydrogens (tertiary/aromatic N) is 3. The summed E-state index contributed by atoms with van der Waals surface area (Å²) < 4.78 is 12.0. The van der Waals surface area contributed by atoms with E-state index in [4.69, 9.17) is 9.47 Å². The predicted octanol–water partition coefficient (Wildman–Crippen LogP) is 1.11. The lowest BCUT2D eigenvalue weighted by Crippen LogP contribution is -2.57. The minimum atomic E-state index is -0.552. The first-order valence-electron chi connectivity index (χ1n) is 7.47. The number of hydrogen-bond acceptors (Lipinski definition) is 5. The number of methoxy groups -OCH3 is 1. The predicted molar refractivity (Wildman–Crippen MR) is 83.0 cm³/mol. The zero-order valence-electron chi connectivity index (χ0n) is 13.2. The Balaban J connectivity index is 1.66. The van der Waals surface area contributed by atoms with Crippen molar-refractivity contribution in [2.75, 3.05) is 26.9 Å². The number of hydrogen-bond donors (Lipinski definition) is 1. The van der Waals surface area contributed by atoms with E-state index in [2.05, 4.69) is 15.4 Å². The molecule has 3 rings (SSSR count). The smallest absolute Gasteiger partial charge is 0.233 e. The molecule has 1 aliphatic rings. The summed E-state index contributed by atoms with van der Waals surface area (Å²) in [6, 6.07) is 7.75. The highest BCUT2D eigenvalue weighted by Gasteiger charge is 2.46. The van der Waals surface area contributed by atoms with E-state index in [9.17, 15) is 4.79 Å². The molecule has 1 aromatic carbocycles. The molecule has 0 radical (unpaired) electrons. The van der Waals surface area contributed by atoms with Crippen LogP contribution in [-0.4, -0.2) is 47.6 Å². The van der Waals surface area contributed by atoms with E-state index < -0.39 is 5.41 Å². The molecule has 0 spiro atoms. The number of benzene rings is 1. The molecule has 1 amide bonds. The summed E-state index contributed by atoms with van der Waals surface area (Å²) in [7, 11) is 1.60. The van der Waals surface area contributed by atoms with Crippen molar-refractivity contribution in [3.05, 3.63) is 42.5 Å². The molecule has 1 fully saturated rings. The number of rotatable bonds is 6.